The third kappa shape index (κ3) is 4.56. The van der Waals surface area contributed by atoms with Crippen molar-refractivity contribution in [2.45, 2.75) is 39.8 Å². The van der Waals surface area contributed by atoms with E-state index < -0.39 is 6.03 Å². The fourth-order valence-electron chi connectivity index (χ4n) is 2.83. The van der Waals surface area contributed by atoms with Gasteiger partial charge in [-0.3, -0.25) is 9.69 Å². The lowest BCUT2D eigenvalue weighted by Gasteiger charge is -2.12. The van der Waals surface area contributed by atoms with Crippen LogP contribution in [0.3, 0.4) is 0 Å². The summed E-state index contributed by atoms with van der Waals surface area (Å²) in [5.41, 5.74) is 3.12. The second-order valence-electron chi connectivity index (χ2n) is 6.77. The Kier molecular flexibility index (Phi) is 5.60. The number of ether oxygens (including phenoxy) is 1. The van der Waals surface area contributed by atoms with E-state index in [2.05, 4.69) is 12.2 Å². The molecule has 1 fully saturated rings. The molecule has 1 heterocycles. The molecule has 3 amide bonds. The number of rotatable bonds is 6. The van der Waals surface area contributed by atoms with E-state index in [1.165, 1.54) is 4.90 Å². The first kappa shape index (κ1) is 18.7. The molecule has 2 aromatic rings. The fourth-order valence-corrected chi connectivity index (χ4v) is 2.83. The van der Waals surface area contributed by atoms with Gasteiger partial charge < -0.3 is 10.1 Å². The van der Waals surface area contributed by atoms with Crippen LogP contribution in [-0.2, 0) is 11.3 Å². The molecule has 0 radical (unpaired) electrons. The molecule has 2 aromatic carbocycles. The van der Waals surface area contributed by atoms with Gasteiger partial charge in [0.25, 0.3) is 5.91 Å². The van der Waals surface area contributed by atoms with E-state index in [1.807, 2.05) is 62.4 Å². The summed E-state index contributed by atoms with van der Waals surface area (Å²) in [6.45, 7) is 6.33. The average molecular weight is 364 g/mol. The predicted molar refractivity (Wildman–Crippen MR) is 105 cm³/mol. The summed E-state index contributed by atoms with van der Waals surface area (Å²) in [5.74, 6) is 0.468. The lowest BCUT2D eigenvalue weighted by molar-refractivity contribution is -0.123. The maximum absolute atomic E-state index is 12.6. The third-order valence-electron chi connectivity index (χ3n) is 4.49. The highest BCUT2D eigenvalue weighted by Gasteiger charge is 2.33. The first-order valence-electron chi connectivity index (χ1n) is 9.13. The first-order chi connectivity index (χ1) is 13.0. The van der Waals surface area contributed by atoms with Crippen molar-refractivity contribution in [1.29, 1.82) is 0 Å². The maximum Gasteiger partial charge on any atom is 0.329 e. The molecule has 1 aliphatic heterocycles. The quantitative estimate of drug-likeness (QED) is 0.615. The zero-order valence-corrected chi connectivity index (χ0v) is 15.9. The van der Waals surface area contributed by atoms with Gasteiger partial charge in [-0.15, -0.1) is 0 Å². The summed E-state index contributed by atoms with van der Waals surface area (Å²) in [5, 5.41) is 2.66. The van der Waals surface area contributed by atoms with E-state index in [4.69, 9.17) is 4.74 Å². The SMILES string of the molecule is CC[C@@H](C)Oc1ccc(/C=C2/NC(=O)N(Cc3cccc(C)c3)C2=O)cc1. The zero-order valence-electron chi connectivity index (χ0n) is 15.9. The molecule has 1 N–H and O–H groups in total. The molecule has 27 heavy (non-hydrogen) atoms. The highest BCUT2D eigenvalue weighted by Crippen LogP contribution is 2.20. The molecule has 140 valence electrons. The van der Waals surface area contributed by atoms with Gasteiger partial charge in [0.05, 0.1) is 12.6 Å². The Morgan fingerprint density at radius 3 is 2.56 bits per heavy atom. The van der Waals surface area contributed by atoms with Crippen LogP contribution in [0.5, 0.6) is 5.75 Å². The average Bonchev–Trinajstić information content (AvgIpc) is 2.91. The normalized spacial score (nSPS) is 16.6. The van der Waals surface area contributed by atoms with E-state index in [0.29, 0.717) is 0 Å². The summed E-state index contributed by atoms with van der Waals surface area (Å²) < 4.78 is 5.75. The van der Waals surface area contributed by atoms with Crippen molar-refractivity contribution in [2.75, 3.05) is 0 Å². The molecule has 0 spiro atoms. The molecule has 1 aliphatic rings. The van der Waals surface area contributed by atoms with Crippen LogP contribution in [0.25, 0.3) is 6.08 Å². The van der Waals surface area contributed by atoms with Crippen LogP contribution in [0.2, 0.25) is 0 Å². The van der Waals surface area contributed by atoms with Gasteiger partial charge in [-0.05, 0) is 49.6 Å². The van der Waals surface area contributed by atoms with E-state index in [9.17, 15) is 9.59 Å². The number of carbonyl (C=O) groups excluding carboxylic acids is 2. The number of hydrogen-bond acceptors (Lipinski definition) is 3. The molecule has 1 saturated heterocycles. The molecular formula is C22H24N2O3. The minimum atomic E-state index is -0.399. The number of urea groups is 1. The van der Waals surface area contributed by atoms with Gasteiger partial charge in [0.1, 0.15) is 11.4 Å². The molecule has 5 heteroatoms. The number of aryl methyl sites for hydroxylation is 1. The van der Waals surface area contributed by atoms with Crippen LogP contribution < -0.4 is 10.1 Å². The topological polar surface area (TPSA) is 58.6 Å². The Morgan fingerprint density at radius 2 is 1.89 bits per heavy atom. The van der Waals surface area contributed by atoms with Gasteiger partial charge in [-0.2, -0.15) is 0 Å². The van der Waals surface area contributed by atoms with Crippen LogP contribution in [0.1, 0.15) is 37.0 Å². The first-order valence-corrected chi connectivity index (χ1v) is 9.13. The highest BCUT2D eigenvalue weighted by atomic mass is 16.5. The number of imide groups is 1. The third-order valence-corrected chi connectivity index (χ3v) is 4.49. The molecule has 0 aliphatic carbocycles. The number of carbonyl (C=O) groups is 2. The molecule has 5 nitrogen and oxygen atoms in total. The predicted octanol–water partition coefficient (Wildman–Crippen LogP) is 4.27. The second-order valence-corrected chi connectivity index (χ2v) is 6.77. The molecular weight excluding hydrogens is 340 g/mol. The summed E-state index contributed by atoms with van der Waals surface area (Å²) in [7, 11) is 0. The van der Waals surface area contributed by atoms with Crippen molar-refractivity contribution in [3.05, 3.63) is 70.9 Å². The summed E-state index contributed by atoms with van der Waals surface area (Å²) >= 11 is 0. The van der Waals surface area contributed by atoms with Crippen molar-refractivity contribution >= 4 is 18.0 Å². The molecule has 3 rings (SSSR count). The van der Waals surface area contributed by atoms with Crippen LogP contribution in [0.15, 0.2) is 54.2 Å². The van der Waals surface area contributed by atoms with Crippen LogP contribution in [-0.4, -0.2) is 22.9 Å². The summed E-state index contributed by atoms with van der Waals surface area (Å²) in [4.78, 5) is 26.0. The number of nitrogens with zero attached hydrogens (tertiary/aromatic N) is 1. The van der Waals surface area contributed by atoms with Gasteiger partial charge in [0.15, 0.2) is 0 Å². The number of nitrogens with one attached hydrogen (secondary N) is 1. The Morgan fingerprint density at radius 1 is 1.15 bits per heavy atom. The van der Waals surface area contributed by atoms with Crippen molar-refractivity contribution in [3.63, 3.8) is 0 Å². The number of hydrogen-bond donors (Lipinski definition) is 1. The lowest BCUT2D eigenvalue weighted by Crippen LogP contribution is -2.30. The number of amides is 3. The molecule has 0 unspecified atom stereocenters. The summed E-state index contributed by atoms with van der Waals surface area (Å²) in [6, 6.07) is 14.8. The fraction of sp³-hybridized carbons (Fsp3) is 0.273. The van der Waals surface area contributed by atoms with E-state index in [0.717, 1.165) is 28.9 Å². The molecule has 0 aromatic heterocycles. The van der Waals surface area contributed by atoms with Gasteiger partial charge in [-0.1, -0.05) is 48.9 Å². The molecule has 1 atom stereocenters. The van der Waals surface area contributed by atoms with E-state index in [1.54, 1.807) is 6.08 Å². The second kappa shape index (κ2) is 8.08. The standard InChI is InChI=1S/C22H24N2O3/c1-4-16(3)27-19-10-8-17(9-11-19)13-20-21(25)24(22(26)23-20)14-18-7-5-6-15(2)12-18/h5-13,16H,4,14H2,1-3H3,(H,23,26)/b20-13+/t16-/m1/s1. The highest BCUT2D eigenvalue weighted by molar-refractivity contribution is 6.13. The van der Waals surface area contributed by atoms with E-state index in [-0.39, 0.29) is 24.3 Å². The van der Waals surface area contributed by atoms with Gasteiger partial charge >= 0.3 is 6.03 Å². The minimum Gasteiger partial charge on any atom is -0.491 e. The number of benzene rings is 2. The van der Waals surface area contributed by atoms with Gasteiger partial charge in [0.2, 0.25) is 0 Å². The Labute approximate surface area is 159 Å². The van der Waals surface area contributed by atoms with Crippen molar-refractivity contribution in [3.8, 4) is 5.75 Å². The van der Waals surface area contributed by atoms with Crippen LogP contribution in [0.4, 0.5) is 4.79 Å². The molecule has 0 bridgehead atoms. The van der Waals surface area contributed by atoms with Crippen LogP contribution in [0, 0.1) is 6.92 Å². The Bertz CT molecular complexity index is 871. The molecule has 0 saturated carbocycles. The van der Waals surface area contributed by atoms with Crippen molar-refractivity contribution < 1.29 is 14.3 Å². The summed E-state index contributed by atoms with van der Waals surface area (Å²) in [6.07, 6.45) is 2.77. The lowest BCUT2D eigenvalue weighted by atomic mass is 10.1. The van der Waals surface area contributed by atoms with Gasteiger partial charge in [-0.25, -0.2) is 4.79 Å². The minimum absolute atomic E-state index is 0.153. The van der Waals surface area contributed by atoms with Crippen molar-refractivity contribution in [2.24, 2.45) is 0 Å². The Balaban J connectivity index is 1.72. The monoisotopic (exact) mass is 364 g/mol. The zero-order chi connectivity index (χ0) is 19.4. The largest absolute Gasteiger partial charge is 0.491 e. The smallest absolute Gasteiger partial charge is 0.329 e. The maximum atomic E-state index is 12.6. The van der Waals surface area contributed by atoms with Crippen molar-refractivity contribution in [1.82, 2.24) is 10.2 Å². The van der Waals surface area contributed by atoms with E-state index >= 15 is 0 Å². The van der Waals surface area contributed by atoms with Crippen LogP contribution >= 0.6 is 0 Å². The Hall–Kier alpha value is -3.08. The van der Waals surface area contributed by atoms with Gasteiger partial charge in [0, 0.05) is 0 Å².